The van der Waals surface area contributed by atoms with Gasteiger partial charge >= 0.3 is 39.5 Å². The first kappa shape index (κ1) is 94.1. The summed E-state index contributed by atoms with van der Waals surface area (Å²) >= 11 is 0. The lowest BCUT2D eigenvalue weighted by atomic mass is 10.0. The number of aliphatic hydroxyl groups excluding tert-OH is 1. The molecule has 5 atom stereocenters. The fourth-order valence-electron chi connectivity index (χ4n) is 11.8. The first-order chi connectivity index (χ1) is 46.4. The summed E-state index contributed by atoms with van der Waals surface area (Å²) in [6.45, 7) is 9.58. The van der Waals surface area contributed by atoms with Gasteiger partial charge in [0.1, 0.15) is 19.3 Å². The van der Waals surface area contributed by atoms with Crippen molar-refractivity contribution in [3.8, 4) is 0 Å². The molecular formula is C77H150O17P2. The van der Waals surface area contributed by atoms with Crippen molar-refractivity contribution in [3.05, 3.63) is 0 Å². The molecule has 570 valence electrons. The van der Waals surface area contributed by atoms with Crippen LogP contribution in [0.2, 0.25) is 0 Å². The Balaban J connectivity index is 5.19. The quantitative estimate of drug-likeness (QED) is 0.0222. The first-order valence-corrected chi connectivity index (χ1v) is 43.0. The summed E-state index contributed by atoms with van der Waals surface area (Å²) in [5, 5.41) is 10.6. The number of phosphoric acid groups is 2. The molecule has 0 spiro atoms. The maximum absolute atomic E-state index is 13.1. The molecule has 0 aliphatic carbocycles. The smallest absolute Gasteiger partial charge is 0.462 e. The summed E-state index contributed by atoms with van der Waals surface area (Å²) in [7, 11) is -9.91. The van der Waals surface area contributed by atoms with E-state index in [1.807, 2.05) is 0 Å². The minimum Gasteiger partial charge on any atom is -0.462 e. The molecule has 3 N–H and O–H groups in total. The topological polar surface area (TPSA) is 237 Å². The van der Waals surface area contributed by atoms with Crippen LogP contribution in [-0.2, 0) is 65.4 Å². The number of phosphoric ester groups is 2. The third kappa shape index (κ3) is 70.5. The van der Waals surface area contributed by atoms with Crippen LogP contribution in [0.3, 0.4) is 0 Å². The number of hydrogen-bond acceptors (Lipinski definition) is 15. The van der Waals surface area contributed by atoms with E-state index < -0.39 is 97.5 Å². The van der Waals surface area contributed by atoms with E-state index >= 15 is 0 Å². The van der Waals surface area contributed by atoms with Gasteiger partial charge in [-0.05, 0) is 37.5 Å². The van der Waals surface area contributed by atoms with E-state index in [1.165, 1.54) is 205 Å². The van der Waals surface area contributed by atoms with Crippen LogP contribution in [0.15, 0.2) is 0 Å². The predicted molar refractivity (Wildman–Crippen MR) is 391 cm³/mol. The number of aliphatic hydroxyl groups is 1. The Labute approximate surface area is 588 Å². The van der Waals surface area contributed by atoms with Crippen molar-refractivity contribution in [1.82, 2.24) is 0 Å². The third-order valence-corrected chi connectivity index (χ3v) is 19.9. The molecule has 0 bridgehead atoms. The van der Waals surface area contributed by atoms with Crippen molar-refractivity contribution in [2.45, 2.75) is 419 Å². The Bertz CT molecular complexity index is 1860. The van der Waals surface area contributed by atoms with Crippen molar-refractivity contribution in [3.63, 3.8) is 0 Å². The maximum atomic E-state index is 13.1. The molecule has 0 radical (unpaired) electrons. The van der Waals surface area contributed by atoms with Crippen molar-refractivity contribution >= 4 is 39.5 Å². The highest BCUT2D eigenvalue weighted by molar-refractivity contribution is 7.47. The van der Waals surface area contributed by atoms with Crippen molar-refractivity contribution in [1.29, 1.82) is 0 Å². The highest BCUT2D eigenvalue weighted by atomic mass is 31.2. The zero-order valence-corrected chi connectivity index (χ0v) is 64.5. The monoisotopic (exact) mass is 1410 g/mol. The number of rotatable bonds is 76. The van der Waals surface area contributed by atoms with Crippen molar-refractivity contribution in [2.24, 2.45) is 11.8 Å². The van der Waals surface area contributed by atoms with Crippen molar-refractivity contribution in [2.75, 3.05) is 39.6 Å². The molecule has 19 heteroatoms. The number of unbranched alkanes of at least 4 members (excludes halogenated alkanes) is 46. The average Bonchev–Trinajstić information content (AvgIpc) is 1.19. The van der Waals surface area contributed by atoms with Gasteiger partial charge in [0.25, 0.3) is 0 Å². The van der Waals surface area contributed by atoms with Gasteiger partial charge < -0.3 is 33.8 Å². The number of carbonyl (C=O) groups is 4. The molecule has 96 heavy (non-hydrogen) atoms. The predicted octanol–water partition coefficient (Wildman–Crippen LogP) is 22.7. The Morgan fingerprint density at radius 3 is 0.708 bits per heavy atom. The minimum absolute atomic E-state index is 0.106. The second kappa shape index (κ2) is 68.8. The SMILES string of the molecule is CCCCCCCCCCCCCCCCCCCCC(=O)OC[C@H](COP(=O)(O)OC[C@@H](O)COP(=O)(O)OC[C@@H](COC(=O)CCCCCCCCC)OC(=O)CCCCCCCCCCCCC(C)C)OC(=O)CCCCCCCCCCCCCCCCCC(C)C. The summed E-state index contributed by atoms with van der Waals surface area (Å²) in [5.74, 6) is -0.564. The molecule has 0 heterocycles. The van der Waals surface area contributed by atoms with Gasteiger partial charge in [-0.2, -0.15) is 0 Å². The molecule has 0 rings (SSSR count). The van der Waals surface area contributed by atoms with Crippen LogP contribution < -0.4 is 0 Å². The summed E-state index contributed by atoms with van der Waals surface area (Å²) in [4.78, 5) is 72.7. The van der Waals surface area contributed by atoms with E-state index in [-0.39, 0.29) is 25.7 Å². The van der Waals surface area contributed by atoms with E-state index in [1.54, 1.807) is 0 Å². The lowest BCUT2D eigenvalue weighted by Gasteiger charge is -2.21. The second-order valence-corrected chi connectivity index (χ2v) is 31.6. The lowest BCUT2D eigenvalue weighted by Crippen LogP contribution is -2.30. The summed E-state index contributed by atoms with van der Waals surface area (Å²) < 4.78 is 68.5. The minimum atomic E-state index is -4.96. The van der Waals surface area contributed by atoms with Gasteiger partial charge in [-0.15, -0.1) is 0 Å². The highest BCUT2D eigenvalue weighted by Gasteiger charge is 2.30. The van der Waals surface area contributed by atoms with E-state index in [2.05, 4.69) is 41.5 Å². The molecule has 0 aliphatic heterocycles. The van der Waals surface area contributed by atoms with Crippen LogP contribution in [0.1, 0.15) is 401 Å². The normalized spacial score (nSPS) is 14.0. The molecule has 0 amide bonds. The van der Waals surface area contributed by atoms with Gasteiger partial charge in [0.05, 0.1) is 26.4 Å². The molecule has 17 nitrogen and oxygen atoms in total. The van der Waals surface area contributed by atoms with Gasteiger partial charge in [-0.1, -0.05) is 350 Å². The standard InChI is InChI=1S/C77H150O17P2/c1-7-9-11-13-15-16-17-18-19-20-21-24-27-30-36-42-48-54-60-75(80)88-66-73(94-76(81)61-55-49-43-37-31-28-25-22-23-26-29-34-40-45-51-57-69(3)4)68-92-96(85,86)90-64-71(78)63-89-95(83,84)91-67-72(65-87-74(79)59-53-47-39-14-12-10-8-2)93-77(82)62-56-50-44-38-33-32-35-41-46-52-58-70(5)6/h69-73,78H,7-68H2,1-6H3,(H,83,84)(H,85,86)/t71-,72+,73+/m0/s1. The van der Waals surface area contributed by atoms with E-state index in [9.17, 15) is 43.2 Å². The van der Waals surface area contributed by atoms with Gasteiger partial charge in [0.15, 0.2) is 12.2 Å². The molecule has 0 aromatic carbocycles. The van der Waals surface area contributed by atoms with Gasteiger partial charge in [0.2, 0.25) is 0 Å². The molecule has 0 aliphatic rings. The van der Waals surface area contributed by atoms with E-state index in [0.29, 0.717) is 25.7 Å². The average molecular weight is 1410 g/mol. The Kier molecular flexibility index (Phi) is 67.4. The van der Waals surface area contributed by atoms with Crippen LogP contribution >= 0.6 is 15.6 Å². The molecule has 0 saturated heterocycles. The molecule has 0 aromatic rings. The van der Waals surface area contributed by atoms with Crippen LogP contribution in [0.4, 0.5) is 0 Å². The molecule has 0 fully saturated rings. The number of hydrogen-bond donors (Lipinski definition) is 3. The zero-order chi connectivity index (χ0) is 70.7. The lowest BCUT2D eigenvalue weighted by molar-refractivity contribution is -0.161. The third-order valence-electron chi connectivity index (χ3n) is 18.0. The van der Waals surface area contributed by atoms with Crippen molar-refractivity contribution < 1.29 is 80.2 Å². The Hall–Kier alpha value is -1.94. The molecule has 0 saturated carbocycles. The van der Waals surface area contributed by atoms with E-state index in [4.69, 9.17) is 37.0 Å². The molecular weight excluding hydrogens is 1260 g/mol. The summed E-state index contributed by atoms with van der Waals surface area (Å²) in [5.41, 5.74) is 0. The second-order valence-electron chi connectivity index (χ2n) is 28.7. The van der Waals surface area contributed by atoms with Crippen LogP contribution in [-0.4, -0.2) is 96.7 Å². The van der Waals surface area contributed by atoms with Gasteiger partial charge in [-0.25, -0.2) is 9.13 Å². The Morgan fingerprint density at radius 2 is 0.479 bits per heavy atom. The van der Waals surface area contributed by atoms with E-state index in [0.717, 1.165) is 115 Å². The zero-order valence-electron chi connectivity index (χ0n) is 62.7. The fraction of sp³-hybridized carbons (Fsp3) is 0.948. The first-order valence-electron chi connectivity index (χ1n) is 40.0. The highest BCUT2D eigenvalue weighted by Crippen LogP contribution is 2.45. The number of ether oxygens (including phenoxy) is 4. The largest absolute Gasteiger partial charge is 0.472 e. The Morgan fingerprint density at radius 1 is 0.281 bits per heavy atom. The number of carbonyl (C=O) groups excluding carboxylic acids is 4. The van der Waals surface area contributed by atoms with Crippen LogP contribution in [0.5, 0.6) is 0 Å². The van der Waals surface area contributed by atoms with Crippen LogP contribution in [0.25, 0.3) is 0 Å². The fourth-order valence-corrected chi connectivity index (χ4v) is 13.4. The number of esters is 4. The molecule has 0 aromatic heterocycles. The maximum Gasteiger partial charge on any atom is 0.472 e. The summed E-state index contributed by atoms with van der Waals surface area (Å²) in [6, 6.07) is 0. The summed E-state index contributed by atoms with van der Waals surface area (Å²) in [6.07, 6.45) is 57.1. The van der Waals surface area contributed by atoms with Crippen LogP contribution in [0, 0.1) is 11.8 Å². The van der Waals surface area contributed by atoms with Gasteiger partial charge in [0, 0.05) is 25.7 Å². The van der Waals surface area contributed by atoms with Gasteiger partial charge in [-0.3, -0.25) is 37.3 Å². The molecule has 2 unspecified atom stereocenters.